The number of rotatable bonds is 2. The molecule has 0 saturated carbocycles. The van der Waals surface area contributed by atoms with Crippen molar-refractivity contribution < 1.29 is 50.3 Å². The predicted molar refractivity (Wildman–Crippen MR) is 95.2 cm³/mol. The molecular formula is C19H20O10. The van der Waals surface area contributed by atoms with E-state index in [4.69, 9.17) is 9.47 Å². The van der Waals surface area contributed by atoms with Crippen molar-refractivity contribution in [2.45, 2.75) is 36.4 Å². The third-order valence-corrected chi connectivity index (χ3v) is 5.42. The summed E-state index contributed by atoms with van der Waals surface area (Å²) in [6.07, 6.45) is -7.45. The number of benzene rings is 2. The normalized spacial score (nSPS) is 30.9. The minimum Gasteiger partial charge on any atom is -0.504 e. The zero-order chi connectivity index (χ0) is 21.0. The number of phenolic OH excluding ortho intramolecular Hbond substituents is 4. The van der Waals surface area contributed by atoms with Gasteiger partial charge in [0.2, 0.25) is 17.2 Å². The molecule has 2 aliphatic heterocycles. The number of ether oxygens (including phenoxy) is 2. The Morgan fingerprint density at radius 1 is 0.793 bits per heavy atom. The summed E-state index contributed by atoms with van der Waals surface area (Å²) in [7, 11) is 0. The molecule has 0 aliphatic carbocycles. The van der Waals surface area contributed by atoms with Crippen LogP contribution in [0.2, 0.25) is 0 Å². The van der Waals surface area contributed by atoms with E-state index >= 15 is 0 Å². The lowest BCUT2D eigenvalue weighted by molar-refractivity contribution is -0.232. The number of aliphatic hydroxyl groups is 4. The number of hydrogen-bond donors (Lipinski definition) is 8. The molecule has 10 heteroatoms. The van der Waals surface area contributed by atoms with E-state index in [1.807, 2.05) is 0 Å². The Morgan fingerprint density at radius 2 is 1.45 bits per heavy atom. The summed E-state index contributed by atoms with van der Waals surface area (Å²) < 4.78 is 11.2. The van der Waals surface area contributed by atoms with Crippen LogP contribution < -0.4 is 4.74 Å². The van der Waals surface area contributed by atoms with E-state index < -0.39 is 66.0 Å². The molecule has 0 spiro atoms. The molecule has 8 N–H and O–H groups in total. The standard InChI is InChI=1S/C19H20O10/c20-5-8-11(21)13(23)16(26)18(29-8)9-6-3-1-2-4-7(6)28-19-10(9)12(22)14(24)15(25)17(19)27/h1-4,8-9,11,13,16,18,20-27H,5H2/t8-,9?,11-,13+,16-,18?/m1/s1. The van der Waals surface area contributed by atoms with Crippen molar-refractivity contribution in [2.24, 2.45) is 0 Å². The van der Waals surface area contributed by atoms with Crippen LogP contribution in [0, 0.1) is 0 Å². The molecule has 0 radical (unpaired) electrons. The number of phenols is 4. The number of aromatic hydroxyl groups is 4. The summed E-state index contributed by atoms with van der Waals surface area (Å²) in [5, 5.41) is 81.0. The van der Waals surface area contributed by atoms with Crippen LogP contribution in [-0.2, 0) is 4.74 Å². The largest absolute Gasteiger partial charge is 0.504 e. The average molecular weight is 408 g/mol. The van der Waals surface area contributed by atoms with Crippen LogP contribution in [-0.4, -0.2) is 78.0 Å². The summed E-state index contributed by atoms with van der Waals surface area (Å²) in [4.78, 5) is 0. The first-order valence-corrected chi connectivity index (χ1v) is 8.84. The fraction of sp³-hybridized carbons (Fsp3) is 0.368. The third kappa shape index (κ3) is 2.76. The van der Waals surface area contributed by atoms with Gasteiger partial charge in [0.25, 0.3) is 0 Å². The Kier molecular flexibility index (Phi) is 4.68. The van der Waals surface area contributed by atoms with Crippen molar-refractivity contribution >= 4 is 0 Å². The van der Waals surface area contributed by atoms with Gasteiger partial charge in [-0.3, -0.25) is 0 Å². The molecule has 0 bridgehead atoms. The lowest BCUT2D eigenvalue weighted by atomic mass is 9.77. The Bertz CT molecular complexity index is 943. The zero-order valence-electron chi connectivity index (χ0n) is 14.9. The summed E-state index contributed by atoms with van der Waals surface area (Å²) in [6, 6.07) is 6.40. The first-order valence-electron chi connectivity index (χ1n) is 8.84. The van der Waals surface area contributed by atoms with Crippen LogP contribution in [0.5, 0.6) is 34.5 Å². The number of aliphatic hydroxyl groups excluding tert-OH is 4. The lowest BCUT2D eigenvalue weighted by Crippen LogP contribution is -2.60. The van der Waals surface area contributed by atoms with Gasteiger partial charge in [0.15, 0.2) is 11.5 Å². The van der Waals surface area contributed by atoms with Crippen molar-refractivity contribution in [3.8, 4) is 34.5 Å². The van der Waals surface area contributed by atoms with E-state index in [0.717, 1.165) is 0 Å². The van der Waals surface area contributed by atoms with Gasteiger partial charge in [-0.2, -0.15) is 0 Å². The monoisotopic (exact) mass is 408 g/mol. The average Bonchev–Trinajstić information content (AvgIpc) is 2.73. The predicted octanol–water partition coefficient (Wildman–Crippen LogP) is -0.411. The van der Waals surface area contributed by atoms with E-state index in [2.05, 4.69) is 0 Å². The maximum absolute atomic E-state index is 10.6. The molecule has 1 saturated heterocycles. The highest BCUT2D eigenvalue weighted by atomic mass is 16.5. The Labute approximate surface area is 164 Å². The van der Waals surface area contributed by atoms with Gasteiger partial charge in [0.05, 0.1) is 18.3 Å². The minimum absolute atomic E-state index is 0.194. The molecule has 0 aromatic heterocycles. The number of fused-ring (bicyclic) bond motifs is 2. The molecule has 2 aromatic rings. The van der Waals surface area contributed by atoms with E-state index in [0.29, 0.717) is 5.56 Å². The van der Waals surface area contributed by atoms with Crippen molar-refractivity contribution in [3.63, 3.8) is 0 Å². The molecule has 2 heterocycles. The fourth-order valence-corrected chi connectivity index (χ4v) is 3.93. The second kappa shape index (κ2) is 6.94. The number of hydrogen-bond acceptors (Lipinski definition) is 10. The first kappa shape index (κ1) is 19.6. The zero-order valence-corrected chi connectivity index (χ0v) is 14.9. The molecule has 6 atom stereocenters. The molecule has 2 aliphatic rings. The van der Waals surface area contributed by atoms with Crippen molar-refractivity contribution in [1.82, 2.24) is 0 Å². The van der Waals surface area contributed by atoms with Gasteiger partial charge < -0.3 is 50.3 Å². The molecule has 29 heavy (non-hydrogen) atoms. The van der Waals surface area contributed by atoms with Crippen LogP contribution >= 0.6 is 0 Å². The minimum atomic E-state index is -1.68. The molecule has 10 nitrogen and oxygen atoms in total. The van der Waals surface area contributed by atoms with Crippen LogP contribution in [0.4, 0.5) is 0 Å². The second-order valence-corrected chi connectivity index (χ2v) is 7.05. The first-order chi connectivity index (χ1) is 13.8. The highest BCUT2D eigenvalue weighted by Gasteiger charge is 2.50. The maximum atomic E-state index is 10.6. The van der Waals surface area contributed by atoms with Crippen molar-refractivity contribution in [3.05, 3.63) is 35.4 Å². The van der Waals surface area contributed by atoms with E-state index in [-0.39, 0.29) is 17.1 Å². The Balaban J connectivity index is 1.94. The number of para-hydroxylation sites is 1. The van der Waals surface area contributed by atoms with Gasteiger partial charge in [-0.1, -0.05) is 18.2 Å². The molecule has 2 unspecified atom stereocenters. The topological polar surface area (TPSA) is 180 Å². The van der Waals surface area contributed by atoms with Gasteiger partial charge >= 0.3 is 0 Å². The Morgan fingerprint density at radius 3 is 2.14 bits per heavy atom. The van der Waals surface area contributed by atoms with Crippen LogP contribution in [0.15, 0.2) is 24.3 Å². The third-order valence-electron chi connectivity index (χ3n) is 5.42. The summed E-state index contributed by atoms with van der Waals surface area (Å²) in [5.41, 5.74) is 0.185. The van der Waals surface area contributed by atoms with Gasteiger partial charge in [-0.25, -0.2) is 0 Å². The molecule has 1 fully saturated rings. The highest BCUT2D eigenvalue weighted by molar-refractivity contribution is 5.73. The quantitative estimate of drug-likeness (QED) is 0.240. The second-order valence-electron chi connectivity index (χ2n) is 7.05. The smallest absolute Gasteiger partial charge is 0.208 e. The fourth-order valence-electron chi connectivity index (χ4n) is 3.93. The van der Waals surface area contributed by atoms with Crippen molar-refractivity contribution in [2.75, 3.05) is 6.61 Å². The summed E-state index contributed by atoms with van der Waals surface area (Å²) >= 11 is 0. The van der Waals surface area contributed by atoms with E-state index in [1.54, 1.807) is 18.2 Å². The van der Waals surface area contributed by atoms with Gasteiger partial charge in [-0.05, 0) is 6.07 Å². The SMILES string of the molecule is OC[C@H]1OC(C2c3ccccc3Oc3c(O)c(O)c(O)c(O)c32)[C@H](O)[C@@H](O)[C@@H]1O. The summed E-state index contributed by atoms with van der Waals surface area (Å²) in [5.74, 6) is -4.89. The molecule has 2 aromatic carbocycles. The van der Waals surface area contributed by atoms with E-state index in [1.165, 1.54) is 6.07 Å². The van der Waals surface area contributed by atoms with Crippen LogP contribution in [0.1, 0.15) is 17.0 Å². The van der Waals surface area contributed by atoms with Gasteiger partial charge in [0, 0.05) is 11.5 Å². The van der Waals surface area contributed by atoms with Crippen LogP contribution in [0.25, 0.3) is 0 Å². The summed E-state index contributed by atoms with van der Waals surface area (Å²) in [6.45, 7) is -0.656. The molecule has 4 rings (SSSR count). The molecule has 0 amide bonds. The van der Waals surface area contributed by atoms with Crippen molar-refractivity contribution in [1.29, 1.82) is 0 Å². The highest BCUT2D eigenvalue weighted by Crippen LogP contribution is 2.60. The van der Waals surface area contributed by atoms with E-state index in [9.17, 15) is 40.9 Å². The van der Waals surface area contributed by atoms with Crippen LogP contribution in [0.3, 0.4) is 0 Å². The Hall–Kier alpha value is -2.76. The maximum Gasteiger partial charge on any atom is 0.208 e. The van der Waals surface area contributed by atoms with Gasteiger partial charge in [-0.15, -0.1) is 0 Å². The van der Waals surface area contributed by atoms with Gasteiger partial charge in [0.1, 0.15) is 30.2 Å². The molecular weight excluding hydrogens is 388 g/mol. The molecule has 156 valence electrons. The lowest BCUT2D eigenvalue weighted by Gasteiger charge is -2.44.